The zero-order chi connectivity index (χ0) is 15.4. The van der Waals surface area contributed by atoms with Crippen LogP contribution in [0.5, 0.6) is 0 Å². The summed E-state index contributed by atoms with van der Waals surface area (Å²) in [5.74, 6) is 0.494. The molecule has 0 aliphatic carbocycles. The van der Waals surface area contributed by atoms with Gasteiger partial charge in [0.25, 0.3) is 0 Å². The Morgan fingerprint density at radius 1 is 1.23 bits per heavy atom. The number of fused-ring (bicyclic) bond motifs is 4. The van der Waals surface area contributed by atoms with E-state index in [-0.39, 0.29) is 5.43 Å². The van der Waals surface area contributed by atoms with E-state index < -0.39 is 0 Å². The van der Waals surface area contributed by atoms with Gasteiger partial charge in [0, 0.05) is 28.1 Å². The van der Waals surface area contributed by atoms with E-state index in [2.05, 4.69) is 29.0 Å². The van der Waals surface area contributed by atoms with Crippen LogP contribution in [0.4, 0.5) is 0 Å². The number of aryl methyl sites for hydroxylation is 1. The van der Waals surface area contributed by atoms with E-state index in [1.807, 2.05) is 6.20 Å². The van der Waals surface area contributed by atoms with Crippen LogP contribution in [0.1, 0.15) is 25.0 Å². The van der Waals surface area contributed by atoms with Crippen LogP contribution in [0.25, 0.3) is 33.1 Å². The SMILES string of the molecule is Cc1c(=O)ccc2c1oc1c(CC(C)C)c3c[nH][nH]c3nc12. The van der Waals surface area contributed by atoms with Crippen molar-refractivity contribution in [3.8, 4) is 0 Å². The minimum atomic E-state index is -0.00383. The highest BCUT2D eigenvalue weighted by atomic mass is 16.3. The highest BCUT2D eigenvalue weighted by molar-refractivity contribution is 6.08. The Labute approximate surface area is 126 Å². The highest BCUT2D eigenvalue weighted by Crippen LogP contribution is 2.34. The minimum Gasteiger partial charge on any atom is -0.454 e. The fraction of sp³-hybridized carbons (Fsp3) is 0.294. The number of H-pyrrole nitrogens is 2. The van der Waals surface area contributed by atoms with E-state index in [4.69, 9.17) is 4.42 Å². The molecule has 0 aliphatic rings. The predicted octanol–water partition coefficient (Wildman–Crippen LogP) is 3.66. The number of nitrogens with zero attached hydrogens (tertiary/aromatic N) is 1. The van der Waals surface area contributed by atoms with Crippen LogP contribution in [0.3, 0.4) is 0 Å². The third-order valence-electron chi connectivity index (χ3n) is 4.13. The molecule has 112 valence electrons. The smallest absolute Gasteiger partial charge is 0.185 e. The first-order valence-electron chi connectivity index (χ1n) is 7.46. The summed E-state index contributed by atoms with van der Waals surface area (Å²) in [7, 11) is 0. The van der Waals surface area contributed by atoms with Gasteiger partial charge in [0.15, 0.2) is 16.7 Å². The predicted molar refractivity (Wildman–Crippen MR) is 87.3 cm³/mol. The van der Waals surface area contributed by atoms with Gasteiger partial charge in [-0.2, -0.15) is 0 Å². The van der Waals surface area contributed by atoms with E-state index in [9.17, 15) is 4.79 Å². The lowest BCUT2D eigenvalue weighted by atomic mass is 10.00. The topological polar surface area (TPSA) is 74.7 Å². The number of aromatic nitrogens is 3. The van der Waals surface area contributed by atoms with Gasteiger partial charge in [0.1, 0.15) is 11.1 Å². The zero-order valence-corrected chi connectivity index (χ0v) is 12.8. The van der Waals surface area contributed by atoms with Gasteiger partial charge in [-0.3, -0.25) is 9.89 Å². The van der Waals surface area contributed by atoms with Gasteiger partial charge >= 0.3 is 0 Å². The standard InChI is InChI=1S/C17H17N3O2/c1-8(2)6-11-12-7-18-20-17(12)19-14-10-4-5-13(21)9(3)15(10)22-16(11)14/h4-5,7-8H,6H2,1-3H3,(H2,18,19,20). The number of rotatable bonds is 2. The fourth-order valence-electron chi connectivity index (χ4n) is 3.06. The maximum Gasteiger partial charge on any atom is 0.185 e. The summed E-state index contributed by atoms with van der Waals surface area (Å²) in [6, 6.07) is 3.39. The van der Waals surface area contributed by atoms with E-state index in [0.717, 1.165) is 39.5 Å². The van der Waals surface area contributed by atoms with Crippen LogP contribution < -0.4 is 5.43 Å². The van der Waals surface area contributed by atoms with Crippen molar-refractivity contribution in [2.75, 3.05) is 0 Å². The second-order valence-corrected chi connectivity index (χ2v) is 6.21. The van der Waals surface area contributed by atoms with Gasteiger partial charge in [0.2, 0.25) is 0 Å². The Hall–Kier alpha value is -2.56. The molecule has 4 rings (SSSR count). The van der Waals surface area contributed by atoms with E-state index in [1.54, 1.807) is 19.1 Å². The molecule has 0 saturated carbocycles. The van der Waals surface area contributed by atoms with E-state index in [1.165, 1.54) is 0 Å². The normalized spacial score (nSPS) is 12.2. The van der Waals surface area contributed by atoms with Crippen molar-refractivity contribution in [2.24, 2.45) is 5.92 Å². The van der Waals surface area contributed by atoms with Crippen molar-refractivity contribution < 1.29 is 4.42 Å². The third-order valence-corrected chi connectivity index (χ3v) is 4.13. The van der Waals surface area contributed by atoms with Gasteiger partial charge in [-0.15, -0.1) is 0 Å². The maximum atomic E-state index is 11.9. The molecular weight excluding hydrogens is 278 g/mol. The first kappa shape index (κ1) is 13.1. The van der Waals surface area contributed by atoms with E-state index in [0.29, 0.717) is 17.1 Å². The Morgan fingerprint density at radius 3 is 2.82 bits per heavy atom. The lowest BCUT2D eigenvalue weighted by Gasteiger charge is -2.06. The molecule has 3 heterocycles. The largest absolute Gasteiger partial charge is 0.454 e. The molecule has 0 spiro atoms. The number of furan rings is 1. The van der Waals surface area contributed by atoms with E-state index >= 15 is 0 Å². The summed E-state index contributed by atoms with van der Waals surface area (Å²) in [6.07, 6.45) is 2.81. The van der Waals surface area contributed by atoms with Crippen LogP contribution in [0, 0.1) is 12.8 Å². The number of nitrogens with one attached hydrogen (secondary N) is 2. The summed E-state index contributed by atoms with van der Waals surface area (Å²) in [4.78, 5) is 16.5. The van der Waals surface area contributed by atoms with Gasteiger partial charge < -0.3 is 9.52 Å². The number of benzene rings is 1. The molecule has 4 aromatic rings. The molecule has 3 aromatic heterocycles. The lowest BCUT2D eigenvalue weighted by molar-refractivity contribution is 0.624. The minimum absolute atomic E-state index is 0.00383. The van der Waals surface area contributed by atoms with Crippen LogP contribution >= 0.6 is 0 Å². The molecule has 0 aliphatic heterocycles. The summed E-state index contributed by atoms with van der Waals surface area (Å²) in [6.45, 7) is 6.16. The zero-order valence-electron chi connectivity index (χ0n) is 12.8. The molecule has 0 saturated heterocycles. The van der Waals surface area contributed by atoms with Crippen LogP contribution in [-0.4, -0.2) is 15.2 Å². The van der Waals surface area contributed by atoms with Gasteiger partial charge in [-0.1, -0.05) is 13.8 Å². The Morgan fingerprint density at radius 2 is 2.05 bits per heavy atom. The average Bonchev–Trinajstić information content (AvgIpc) is 3.07. The lowest BCUT2D eigenvalue weighted by Crippen LogP contribution is -2.01. The maximum absolute atomic E-state index is 11.9. The van der Waals surface area contributed by atoms with Crippen molar-refractivity contribution in [1.29, 1.82) is 0 Å². The quantitative estimate of drug-likeness (QED) is 0.592. The molecule has 1 aromatic carbocycles. The molecule has 0 unspecified atom stereocenters. The molecule has 22 heavy (non-hydrogen) atoms. The van der Waals surface area contributed by atoms with Gasteiger partial charge in [-0.25, -0.2) is 4.98 Å². The van der Waals surface area contributed by atoms with Crippen molar-refractivity contribution >= 4 is 33.1 Å². The molecule has 0 fully saturated rings. The van der Waals surface area contributed by atoms with Crippen molar-refractivity contribution in [3.63, 3.8) is 0 Å². The molecule has 0 bridgehead atoms. The molecule has 5 heteroatoms. The summed E-state index contributed by atoms with van der Waals surface area (Å²) < 4.78 is 6.08. The van der Waals surface area contributed by atoms with Gasteiger partial charge in [0.05, 0.1) is 0 Å². The Bertz CT molecular complexity index is 1070. The van der Waals surface area contributed by atoms with Crippen molar-refractivity contribution in [2.45, 2.75) is 27.2 Å². The molecule has 5 nitrogen and oxygen atoms in total. The van der Waals surface area contributed by atoms with Crippen molar-refractivity contribution in [1.82, 2.24) is 15.2 Å². The summed E-state index contributed by atoms with van der Waals surface area (Å²) in [5, 5.41) is 8.01. The second-order valence-electron chi connectivity index (χ2n) is 6.21. The molecule has 2 N–H and O–H groups in total. The monoisotopic (exact) mass is 295 g/mol. The molecule has 0 radical (unpaired) electrons. The second kappa shape index (κ2) is 4.47. The van der Waals surface area contributed by atoms with Gasteiger partial charge in [-0.05, 0) is 31.4 Å². The van der Waals surface area contributed by atoms with Crippen LogP contribution in [0.15, 0.2) is 27.5 Å². The molecule has 0 amide bonds. The van der Waals surface area contributed by atoms with Crippen molar-refractivity contribution in [3.05, 3.63) is 39.7 Å². The number of aromatic amines is 2. The van der Waals surface area contributed by atoms with Crippen LogP contribution in [-0.2, 0) is 6.42 Å². The first-order chi connectivity index (χ1) is 10.6. The first-order valence-corrected chi connectivity index (χ1v) is 7.46. The Kier molecular flexibility index (Phi) is 2.66. The molecule has 0 atom stereocenters. The van der Waals surface area contributed by atoms with Crippen LogP contribution in [0.2, 0.25) is 0 Å². The fourth-order valence-corrected chi connectivity index (χ4v) is 3.06. The number of hydrogen-bond donors (Lipinski definition) is 2. The number of hydrogen-bond acceptors (Lipinski definition) is 3. The summed E-state index contributed by atoms with van der Waals surface area (Å²) in [5.41, 5.74) is 4.84. The average molecular weight is 295 g/mol. The summed E-state index contributed by atoms with van der Waals surface area (Å²) >= 11 is 0. The number of pyridine rings is 1. The highest BCUT2D eigenvalue weighted by Gasteiger charge is 2.19. The molecular formula is C17H17N3O2. The third kappa shape index (κ3) is 1.71. The Balaban J connectivity index is 2.22.